The standard InChI is InChI=1S/C48H85N11O16/c1-10-25(7)37(45(71)53-30(16-18-35(62)63)41(67)56-33(48(74)75)21-24(5)6)57-42(68)29(15-17-34(51)61)52-46(72)38(26(8)11-2)58-44(70)32(22-36(64)65)55-47(73)39(27(9)60)59-43(69)31(20-23(3)4)54-40(66)28(50)14-12-13-19-49/h23-33,37-39,60H,10-22,49-50H2,1-9H3,(H2,51,61)(H,52,72)(H,53,71)(H,54,66)(H,55,73)(H,56,67)(H,57,68)(H,58,70)(H,59,69)(H,62,63)(H,64,65)(H,74,75)/t25-,26-,27+,28-,29-,30-,31-,32-,33-,37-,38-,39-/m0/s1. The second kappa shape index (κ2) is 34.9. The summed E-state index contributed by atoms with van der Waals surface area (Å²) in [7, 11) is 0. The molecule has 9 amide bonds. The van der Waals surface area contributed by atoms with Crippen LogP contribution in [0.2, 0.25) is 0 Å². The predicted molar refractivity (Wildman–Crippen MR) is 271 cm³/mol. The quantitative estimate of drug-likeness (QED) is 0.0286. The van der Waals surface area contributed by atoms with E-state index in [2.05, 4.69) is 42.5 Å². The molecule has 0 aromatic rings. The molecule has 0 fully saturated rings. The highest BCUT2D eigenvalue weighted by atomic mass is 16.4. The van der Waals surface area contributed by atoms with Crippen molar-refractivity contribution in [2.24, 2.45) is 40.9 Å². The van der Waals surface area contributed by atoms with Crippen LogP contribution in [0.3, 0.4) is 0 Å². The lowest BCUT2D eigenvalue weighted by atomic mass is 9.95. The molecular weight excluding hydrogens is 987 g/mol. The normalized spacial score (nSPS) is 16.1. The number of carbonyl (C=O) groups is 12. The van der Waals surface area contributed by atoms with Crippen molar-refractivity contribution in [1.29, 1.82) is 0 Å². The fourth-order valence-electron chi connectivity index (χ4n) is 7.42. The zero-order valence-corrected chi connectivity index (χ0v) is 44.7. The van der Waals surface area contributed by atoms with Gasteiger partial charge in [-0.25, -0.2) is 4.79 Å². The van der Waals surface area contributed by atoms with Gasteiger partial charge in [-0.1, -0.05) is 74.7 Å². The first kappa shape index (κ1) is 68.5. The second-order valence-electron chi connectivity index (χ2n) is 19.8. The second-order valence-corrected chi connectivity index (χ2v) is 19.8. The number of carboxylic acids is 3. The lowest BCUT2D eigenvalue weighted by Crippen LogP contribution is -2.62. The van der Waals surface area contributed by atoms with Crippen LogP contribution in [0.25, 0.3) is 0 Å². The summed E-state index contributed by atoms with van der Waals surface area (Å²) in [4.78, 5) is 157. The number of aliphatic hydroxyl groups excluding tert-OH is 1. The zero-order valence-electron chi connectivity index (χ0n) is 44.7. The van der Waals surface area contributed by atoms with Gasteiger partial charge in [-0.15, -0.1) is 0 Å². The third-order valence-electron chi connectivity index (χ3n) is 12.2. The van der Waals surface area contributed by atoms with Crippen LogP contribution in [0.4, 0.5) is 0 Å². The van der Waals surface area contributed by atoms with Crippen molar-refractivity contribution in [3.05, 3.63) is 0 Å². The van der Waals surface area contributed by atoms with Gasteiger partial charge in [0.05, 0.1) is 18.6 Å². The number of hydrogen-bond donors (Lipinski definition) is 15. The van der Waals surface area contributed by atoms with Crippen LogP contribution in [0.5, 0.6) is 0 Å². The van der Waals surface area contributed by atoms with E-state index < -0.39 is 175 Å². The maximum atomic E-state index is 14.1. The molecule has 12 atom stereocenters. The van der Waals surface area contributed by atoms with Gasteiger partial charge in [-0.3, -0.25) is 52.7 Å². The number of carboxylic acid groups (broad SMARTS) is 3. The minimum absolute atomic E-state index is 0.00794. The SMILES string of the molecule is CC[C@H](C)[C@H](NC(=O)[C@H](CCC(N)=O)NC(=O)[C@@H](NC(=O)[C@H](CC(=O)O)NC(=O)[C@@H](NC(=O)[C@H](CC(C)C)NC(=O)[C@@H](N)CCCCN)[C@@H](C)O)[C@@H](C)CC)C(=O)N[C@@H](CCC(=O)O)C(=O)N[C@@H](CC(C)C)C(=O)O. The fourth-order valence-corrected chi connectivity index (χ4v) is 7.42. The predicted octanol–water partition coefficient (Wildman–Crippen LogP) is -2.42. The molecule has 0 saturated heterocycles. The minimum atomic E-state index is -1.94. The molecule has 428 valence electrons. The summed E-state index contributed by atoms with van der Waals surface area (Å²) in [5, 5.41) is 58.7. The van der Waals surface area contributed by atoms with Crippen molar-refractivity contribution in [2.75, 3.05) is 6.54 Å². The van der Waals surface area contributed by atoms with E-state index >= 15 is 0 Å². The Balaban J connectivity index is 6.76. The van der Waals surface area contributed by atoms with Crippen LogP contribution in [-0.4, -0.2) is 159 Å². The lowest BCUT2D eigenvalue weighted by molar-refractivity contribution is -0.143. The van der Waals surface area contributed by atoms with Crippen molar-refractivity contribution >= 4 is 71.1 Å². The minimum Gasteiger partial charge on any atom is -0.481 e. The molecule has 0 aromatic heterocycles. The largest absolute Gasteiger partial charge is 0.481 e. The highest BCUT2D eigenvalue weighted by Crippen LogP contribution is 2.15. The number of nitrogens with one attached hydrogen (secondary N) is 8. The first-order valence-electron chi connectivity index (χ1n) is 25.4. The average Bonchev–Trinajstić information content (AvgIpc) is 3.31. The van der Waals surface area contributed by atoms with E-state index in [1.165, 1.54) is 6.92 Å². The Kier molecular flexibility index (Phi) is 31.9. The number of carbonyl (C=O) groups excluding carboxylic acids is 9. The first-order valence-corrected chi connectivity index (χ1v) is 25.4. The summed E-state index contributed by atoms with van der Waals surface area (Å²) in [6.07, 6.45) is -2.79. The van der Waals surface area contributed by atoms with Gasteiger partial charge < -0.3 is 80.2 Å². The summed E-state index contributed by atoms with van der Waals surface area (Å²) in [5.41, 5.74) is 16.9. The Bertz CT molecular complexity index is 1950. The van der Waals surface area contributed by atoms with Crippen LogP contribution < -0.4 is 59.7 Å². The Morgan fingerprint density at radius 1 is 0.453 bits per heavy atom. The number of primary amides is 1. The molecule has 0 aromatic carbocycles. The Morgan fingerprint density at radius 3 is 1.25 bits per heavy atom. The molecule has 0 saturated carbocycles. The van der Waals surface area contributed by atoms with Crippen LogP contribution in [0.15, 0.2) is 0 Å². The molecule has 0 unspecified atom stereocenters. The fraction of sp³-hybridized carbons (Fsp3) is 0.750. The molecule has 0 rings (SSSR count). The third kappa shape index (κ3) is 26.5. The molecule has 27 nitrogen and oxygen atoms in total. The summed E-state index contributed by atoms with van der Waals surface area (Å²) in [6, 6.07) is -13.6. The van der Waals surface area contributed by atoms with E-state index in [9.17, 15) is 78.0 Å². The molecule has 0 aliphatic rings. The average molecular weight is 1070 g/mol. The summed E-state index contributed by atoms with van der Waals surface area (Å²) < 4.78 is 0. The highest BCUT2D eigenvalue weighted by molar-refractivity contribution is 5.99. The summed E-state index contributed by atoms with van der Waals surface area (Å²) in [6.45, 7) is 14.9. The van der Waals surface area contributed by atoms with Gasteiger partial charge in [-0.2, -0.15) is 0 Å². The van der Waals surface area contributed by atoms with Gasteiger partial charge in [0.1, 0.15) is 48.3 Å². The number of aliphatic hydroxyl groups is 1. The van der Waals surface area contributed by atoms with Crippen molar-refractivity contribution in [2.45, 2.75) is 200 Å². The van der Waals surface area contributed by atoms with Gasteiger partial charge in [0.2, 0.25) is 53.2 Å². The van der Waals surface area contributed by atoms with E-state index in [1.807, 2.05) is 0 Å². The number of unbranched alkanes of at least 4 members (excludes halogenated alkanes) is 1. The van der Waals surface area contributed by atoms with E-state index in [0.717, 1.165) is 6.92 Å². The topological polar surface area (TPSA) is 460 Å². The molecule has 75 heavy (non-hydrogen) atoms. The van der Waals surface area contributed by atoms with Crippen LogP contribution >= 0.6 is 0 Å². The maximum Gasteiger partial charge on any atom is 0.326 e. The van der Waals surface area contributed by atoms with Gasteiger partial charge in [0, 0.05) is 12.8 Å². The number of amides is 9. The smallest absolute Gasteiger partial charge is 0.326 e. The molecule has 0 aliphatic carbocycles. The Labute approximate surface area is 437 Å². The molecule has 0 aliphatic heterocycles. The van der Waals surface area contributed by atoms with Crippen molar-refractivity contribution in [3.63, 3.8) is 0 Å². The highest BCUT2D eigenvalue weighted by Gasteiger charge is 2.38. The zero-order chi connectivity index (χ0) is 57.9. The van der Waals surface area contributed by atoms with Gasteiger partial charge in [0.25, 0.3) is 0 Å². The van der Waals surface area contributed by atoms with Crippen LogP contribution in [0.1, 0.15) is 139 Å². The van der Waals surface area contributed by atoms with E-state index in [1.54, 1.807) is 48.5 Å². The van der Waals surface area contributed by atoms with E-state index in [-0.39, 0.29) is 43.9 Å². The van der Waals surface area contributed by atoms with Gasteiger partial charge in [-0.05, 0) is 75.7 Å². The molecule has 0 bridgehead atoms. The van der Waals surface area contributed by atoms with Crippen LogP contribution in [-0.2, 0) is 57.5 Å². The first-order chi connectivity index (χ1) is 34.9. The molecule has 0 radical (unpaired) electrons. The number of aliphatic carboxylic acids is 3. The Hall–Kier alpha value is -6.48. The molecule has 0 spiro atoms. The number of nitrogens with two attached hydrogens (primary N) is 3. The summed E-state index contributed by atoms with van der Waals surface area (Å²) >= 11 is 0. The van der Waals surface area contributed by atoms with Crippen molar-refractivity contribution in [1.82, 2.24) is 42.5 Å². The summed E-state index contributed by atoms with van der Waals surface area (Å²) in [5.74, 6) is -15.1. The lowest BCUT2D eigenvalue weighted by Gasteiger charge is -2.30. The third-order valence-corrected chi connectivity index (χ3v) is 12.2. The number of rotatable bonds is 38. The van der Waals surface area contributed by atoms with Gasteiger partial charge >= 0.3 is 17.9 Å². The monoisotopic (exact) mass is 1070 g/mol. The molecule has 18 N–H and O–H groups in total. The molecular formula is C48H85N11O16. The van der Waals surface area contributed by atoms with E-state index in [4.69, 9.17) is 17.2 Å². The van der Waals surface area contributed by atoms with Gasteiger partial charge in [0.15, 0.2) is 0 Å². The Morgan fingerprint density at radius 2 is 0.840 bits per heavy atom. The number of hydrogen-bond acceptors (Lipinski definition) is 15. The van der Waals surface area contributed by atoms with Crippen molar-refractivity contribution in [3.8, 4) is 0 Å². The maximum absolute atomic E-state index is 14.1. The van der Waals surface area contributed by atoms with E-state index in [0.29, 0.717) is 19.4 Å². The molecule has 0 heterocycles. The van der Waals surface area contributed by atoms with Crippen molar-refractivity contribution < 1.29 is 78.0 Å². The van der Waals surface area contributed by atoms with Crippen LogP contribution in [0, 0.1) is 23.7 Å². The molecule has 27 heteroatoms.